The van der Waals surface area contributed by atoms with Gasteiger partial charge in [0.05, 0.1) is 18.4 Å². The summed E-state index contributed by atoms with van der Waals surface area (Å²) in [7, 11) is 0. The molecule has 0 aliphatic heterocycles. The molecule has 0 spiro atoms. The van der Waals surface area contributed by atoms with Crippen molar-refractivity contribution in [3.63, 3.8) is 0 Å². The highest BCUT2D eigenvalue weighted by atomic mass is 19.4. The molecule has 1 heterocycles. The topological polar surface area (TPSA) is 55.7 Å². The lowest BCUT2D eigenvalue weighted by molar-refractivity contribution is -0.137. The van der Waals surface area contributed by atoms with Crippen LogP contribution in [0, 0.1) is 5.82 Å². The van der Waals surface area contributed by atoms with Gasteiger partial charge < -0.3 is 9.47 Å². The molecule has 2 aromatic carbocycles. The summed E-state index contributed by atoms with van der Waals surface area (Å²) in [4.78, 5) is 3.68. The number of rotatable bonds is 8. The van der Waals surface area contributed by atoms with Crippen molar-refractivity contribution in [1.29, 1.82) is 0 Å². The van der Waals surface area contributed by atoms with Crippen LogP contribution in [-0.4, -0.2) is 17.8 Å². The van der Waals surface area contributed by atoms with Gasteiger partial charge in [0.25, 0.3) is 0 Å². The summed E-state index contributed by atoms with van der Waals surface area (Å²) in [5.74, 6) is 0.799. The molecule has 0 saturated heterocycles. The number of hydrogen-bond donors (Lipinski definition) is 1. The van der Waals surface area contributed by atoms with E-state index in [1.165, 1.54) is 24.4 Å². The van der Waals surface area contributed by atoms with Gasteiger partial charge in [0.1, 0.15) is 18.2 Å². The first-order chi connectivity index (χ1) is 14.8. The fourth-order valence-corrected chi connectivity index (χ4v) is 2.58. The molecule has 0 aliphatic rings. The van der Waals surface area contributed by atoms with Gasteiger partial charge >= 0.3 is 6.18 Å². The molecule has 0 radical (unpaired) electrons. The molecule has 31 heavy (non-hydrogen) atoms. The second kappa shape index (κ2) is 9.92. The molecule has 0 aliphatic carbocycles. The summed E-state index contributed by atoms with van der Waals surface area (Å²) in [6.45, 7) is 2.41. The first-order valence-corrected chi connectivity index (χ1v) is 9.31. The molecule has 3 aromatic rings. The first kappa shape index (κ1) is 22.1. The third-order valence-electron chi connectivity index (χ3n) is 4.03. The van der Waals surface area contributed by atoms with Crippen LogP contribution < -0.4 is 14.9 Å². The Kier molecular flexibility index (Phi) is 7.07. The van der Waals surface area contributed by atoms with Crippen LogP contribution in [0.4, 0.5) is 23.4 Å². The van der Waals surface area contributed by atoms with Crippen LogP contribution >= 0.6 is 0 Å². The lowest BCUT2D eigenvalue weighted by Crippen LogP contribution is -2.05. The molecule has 0 atom stereocenters. The highest BCUT2D eigenvalue weighted by Crippen LogP contribution is 2.30. The van der Waals surface area contributed by atoms with Crippen LogP contribution in [0.5, 0.6) is 11.5 Å². The van der Waals surface area contributed by atoms with E-state index in [-0.39, 0.29) is 18.2 Å². The van der Waals surface area contributed by atoms with Gasteiger partial charge in [0.2, 0.25) is 0 Å². The summed E-state index contributed by atoms with van der Waals surface area (Å²) in [6.07, 6.45) is -2.24. The van der Waals surface area contributed by atoms with E-state index in [1.54, 1.807) is 30.3 Å². The number of hydrogen-bond acceptors (Lipinski definition) is 5. The standard InChI is InChI=1S/C22H19F4N3O2/c1-2-30-20-11-15(6-8-19(20)31-14-16-4-3-5-18(23)10-16)12-28-29-21-9-7-17(13-27-21)22(24,25)26/h3-13H,2,14H2,1H3,(H,27,29)/b28-12-. The average Bonchev–Trinajstić information content (AvgIpc) is 2.73. The number of alkyl halides is 3. The monoisotopic (exact) mass is 433 g/mol. The predicted molar refractivity (Wildman–Crippen MR) is 109 cm³/mol. The van der Waals surface area contributed by atoms with Gasteiger partial charge in [-0.15, -0.1) is 0 Å². The van der Waals surface area contributed by atoms with Crippen molar-refractivity contribution in [2.45, 2.75) is 19.7 Å². The Morgan fingerprint density at radius 2 is 1.87 bits per heavy atom. The summed E-state index contributed by atoms with van der Waals surface area (Å²) in [5, 5.41) is 3.98. The van der Waals surface area contributed by atoms with Crippen molar-refractivity contribution in [3.05, 3.63) is 83.3 Å². The number of aromatic nitrogens is 1. The van der Waals surface area contributed by atoms with Crippen molar-refractivity contribution in [3.8, 4) is 11.5 Å². The maximum Gasteiger partial charge on any atom is 0.417 e. The van der Waals surface area contributed by atoms with E-state index < -0.39 is 11.7 Å². The van der Waals surface area contributed by atoms with Crippen molar-refractivity contribution in [2.75, 3.05) is 12.0 Å². The summed E-state index contributed by atoms with van der Waals surface area (Å²) < 4.78 is 62.3. The first-order valence-electron chi connectivity index (χ1n) is 9.31. The summed E-state index contributed by atoms with van der Waals surface area (Å²) in [6, 6.07) is 13.4. The van der Waals surface area contributed by atoms with Gasteiger partial charge in [-0.1, -0.05) is 12.1 Å². The molecule has 3 rings (SSSR count). The number of halogens is 4. The molecule has 9 heteroatoms. The molecule has 5 nitrogen and oxygen atoms in total. The Bertz CT molecular complexity index is 1040. The van der Waals surface area contributed by atoms with Gasteiger partial charge in [0.15, 0.2) is 11.5 Å². The Hall–Kier alpha value is -3.62. The van der Waals surface area contributed by atoms with E-state index in [2.05, 4.69) is 15.5 Å². The summed E-state index contributed by atoms with van der Waals surface area (Å²) in [5.41, 5.74) is 3.09. The molecule has 0 bridgehead atoms. The van der Waals surface area contributed by atoms with Crippen LogP contribution in [0.25, 0.3) is 0 Å². The minimum absolute atomic E-state index is 0.171. The summed E-state index contributed by atoms with van der Waals surface area (Å²) >= 11 is 0. The van der Waals surface area contributed by atoms with E-state index >= 15 is 0 Å². The minimum Gasteiger partial charge on any atom is -0.490 e. The molecule has 0 amide bonds. The van der Waals surface area contributed by atoms with Crippen LogP contribution in [0.2, 0.25) is 0 Å². The highest BCUT2D eigenvalue weighted by molar-refractivity contribution is 5.81. The van der Waals surface area contributed by atoms with Crippen molar-refractivity contribution < 1.29 is 27.0 Å². The second-order valence-corrected chi connectivity index (χ2v) is 6.36. The quantitative estimate of drug-likeness (QED) is 0.283. The maximum atomic E-state index is 13.3. The van der Waals surface area contributed by atoms with Crippen molar-refractivity contribution >= 4 is 12.0 Å². The van der Waals surface area contributed by atoms with E-state index in [9.17, 15) is 17.6 Å². The molecule has 0 unspecified atom stereocenters. The zero-order valence-electron chi connectivity index (χ0n) is 16.5. The SMILES string of the molecule is CCOc1cc(/C=N\Nc2ccc(C(F)(F)F)cn2)ccc1OCc1cccc(F)c1. The number of nitrogens with zero attached hydrogens (tertiary/aromatic N) is 2. The Morgan fingerprint density at radius 1 is 1.03 bits per heavy atom. The zero-order chi connectivity index (χ0) is 22.3. The third kappa shape index (κ3) is 6.43. The number of nitrogens with one attached hydrogen (secondary N) is 1. The molecular formula is C22H19F4N3O2. The predicted octanol–water partition coefficient (Wildman–Crippen LogP) is 5.66. The fraction of sp³-hybridized carbons (Fsp3) is 0.182. The number of ether oxygens (including phenoxy) is 2. The number of anilines is 1. The van der Waals surface area contributed by atoms with Gasteiger partial charge in [-0.3, -0.25) is 5.43 Å². The maximum absolute atomic E-state index is 13.3. The van der Waals surface area contributed by atoms with Crippen LogP contribution in [0.1, 0.15) is 23.6 Å². The van der Waals surface area contributed by atoms with Crippen LogP contribution in [0.15, 0.2) is 65.9 Å². The van der Waals surface area contributed by atoms with Gasteiger partial charge in [0, 0.05) is 6.20 Å². The fourth-order valence-electron chi connectivity index (χ4n) is 2.58. The van der Waals surface area contributed by atoms with Crippen LogP contribution in [0.3, 0.4) is 0 Å². The zero-order valence-corrected chi connectivity index (χ0v) is 16.5. The highest BCUT2D eigenvalue weighted by Gasteiger charge is 2.30. The Balaban J connectivity index is 1.65. The van der Waals surface area contributed by atoms with Crippen molar-refractivity contribution in [2.24, 2.45) is 5.10 Å². The van der Waals surface area contributed by atoms with Gasteiger partial charge in [-0.05, 0) is 60.5 Å². The van der Waals surface area contributed by atoms with Crippen molar-refractivity contribution in [1.82, 2.24) is 4.98 Å². The average molecular weight is 433 g/mol. The van der Waals surface area contributed by atoms with E-state index in [0.29, 0.717) is 29.2 Å². The molecule has 0 saturated carbocycles. The minimum atomic E-state index is -4.44. The van der Waals surface area contributed by atoms with Gasteiger partial charge in [-0.25, -0.2) is 9.37 Å². The molecule has 0 fully saturated rings. The Labute approximate surface area is 176 Å². The van der Waals surface area contributed by atoms with Gasteiger partial charge in [-0.2, -0.15) is 18.3 Å². The smallest absolute Gasteiger partial charge is 0.417 e. The molecule has 1 N–H and O–H groups in total. The normalized spacial score (nSPS) is 11.5. The molecular weight excluding hydrogens is 414 g/mol. The largest absolute Gasteiger partial charge is 0.490 e. The number of hydrazone groups is 1. The molecule has 162 valence electrons. The molecule has 1 aromatic heterocycles. The van der Waals surface area contributed by atoms with E-state index in [1.807, 2.05) is 6.92 Å². The van der Waals surface area contributed by atoms with Crippen LogP contribution in [-0.2, 0) is 12.8 Å². The third-order valence-corrected chi connectivity index (χ3v) is 4.03. The van der Waals surface area contributed by atoms with E-state index in [4.69, 9.17) is 9.47 Å². The van der Waals surface area contributed by atoms with E-state index in [0.717, 1.165) is 12.3 Å². The number of benzene rings is 2. The lowest BCUT2D eigenvalue weighted by atomic mass is 10.2. The number of pyridine rings is 1. The Morgan fingerprint density at radius 3 is 2.55 bits per heavy atom. The second-order valence-electron chi connectivity index (χ2n) is 6.36. The lowest BCUT2D eigenvalue weighted by Gasteiger charge is -2.12.